The van der Waals surface area contributed by atoms with Gasteiger partial charge in [0.15, 0.2) is 0 Å². The number of benzene rings is 2. The van der Waals surface area contributed by atoms with Crippen LogP contribution in [-0.2, 0) is 0 Å². The third kappa shape index (κ3) is 2.90. The quantitative estimate of drug-likeness (QED) is 0.633. The number of anilines is 1. The smallest absolute Gasteiger partial charge is 0.0858 e. The minimum atomic E-state index is 0.829. The molecule has 0 aliphatic heterocycles. The van der Waals surface area contributed by atoms with E-state index in [4.69, 9.17) is 0 Å². The van der Waals surface area contributed by atoms with Crippen molar-refractivity contribution in [3.8, 4) is 0 Å². The van der Waals surface area contributed by atoms with Crippen LogP contribution in [0.3, 0.4) is 0 Å². The standard InChI is InChI=1S/C12H10BrN3/c13-14-10-6-8-12(9-7-10)16-15-11-4-2-1-3-5-11/h1-9,14H. The van der Waals surface area contributed by atoms with E-state index >= 15 is 0 Å². The lowest BCUT2D eigenvalue weighted by molar-refractivity contribution is 1.23. The van der Waals surface area contributed by atoms with Crippen molar-refractivity contribution < 1.29 is 0 Å². The normalized spacial score (nSPS) is 10.6. The Morgan fingerprint density at radius 3 is 1.88 bits per heavy atom. The average Bonchev–Trinajstić information content (AvgIpc) is 2.38. The Hall–Kier alpha value is -1.68. The van der Waals surface area contributed by atoms with Gasteiger partial charge in [-0.3, -0.25) is 0 Å². The van der Waals surface area contributed by atoms with Crippen molar-refractivity contribution in [1.29, 1.82) is 0 Å². The molecular formula is C12H10BrN3. The largest absolute Gasteiger partial charge is 0.322 e. The Kier molecular flexibility index (Phi) is 3.66. The first-order chi connectivity index (χ1) is 7.88. The van der Waals surface area contributed by atoms with Crippen LogP contribution in [0, 0.1) is 0 Å². The van der Waals surface area contributed by atoms with Crippen LogP contribution in [0.25, 0.3) is 0 Å². The van der Waals surface area contributed by atoms with Gasteiger partial charge in [0.25, 0.3) is 0 Å². The third-order valence-electron chi connectivity index (χ3n) is 2.01. The summed E-state index contributed by atoms with van der Waals surface area (Å²) in [7, 11) is 0. The highest BCUT2D eigenvalue weighted by Gasteiger charge is 1.91. The predicted octanol–water partition coefficient (Wildman–Crippen LogP) is 4.82. The monoisotopic (exact) mass is 275 g/mol. The lowest BCUT2D eigenvalue weighted by atomic mass is 10.3. The summed E-state index contributed by atoms with van der Waals surface area (Å²) in [6.07, 6.45) is 0. The number of halogens is 1. The van der Waals surface area contributed by atoms with Gasteiger partial charge < -0.3 is 4.34 Å². The number of nitrogens with zero attached hydrogens (tertiary/aromatic N) is 2. The van der Waals surface area contributed by atoms with Gasteiger partial charge in [0, 0.05) is 21.8 Å². The molecule has 0 aliphatic carbocycles. The number of azo groups is 1. The van der Waals surface area contributed by atoms with Crippen molar-refractivity contribution >= 4 is 33.2 Å². The Labute approximate surface area is 103 Å². The fourth-order valence-corrected chi connectivity index (χ4v) is 1.47. The SMILES string of the molecule is BrNc1ccc(N=Nc2ccccc2)cc1. The maximum absolute atomic E-state index is 4.13. The van der Waals surface area contributed by atoms with E-state index in [1.807, 2.05) is 54.6 Å². The molecule has 0 atom stereocenters. The maximum atomic E-state index is 4.13. The molecular weight excluding hydrogens is 266 g/mol. The molecule has 2 aromatic rings. The van der Waals surface area contributed by atoms with Crippen molar-refractivity contribution in [2.75, 3.05) is 4.34 Å². The second-order valence-corrected chi connectivity index (χ2v) is 3.57. The van der Waals surface area contributed by atoms with Crippen LogP contribution >= 0.6 is 16.1 Å². The van der Waals surface area contributed by atoms with Crippen LogP contribution in [-0.4, -0.2) is 0 Å². The molecule has 0 fully saturated rings. The van der Waals surface area contributed by atoms with E-state index in [-0.39, 0.29) is 0 Å². The molecule has 1 N–H and O–H groups in total. The average molecular weight is 276 g/mol. The summed E-state index contributed by atoms with van der Waals surface area (Å²) in [5.74, 6) is 0. The molecule has 80 valence electrons. The van der Waals surface area contributed by atoms with Gasteiger partial charge in [-0.15, -0.1) is 0 Å². The van der Waals surface area contributed by atoms with Gasteiger partial charge in [0.05, 0.1) is 11.4 Å². The lowest BCUT2D eigenvalue weighted by Crippen LogP contribution is -1.75. The number of nitrogens with one attached hydrogen (secondary N) is 1. The summed E-state index contributed by atoms with van der Waals surface area (Å²) in [6, 6.07) is 17.3. The summed E-state index contributed by atoms with van der Waals surface area (Å²) in [6.45, 7) is 0. The number of rotatable bonds is 3. The first kappa shape index (κ1) is 10.8. The van der Waals surface area contributed by atoms with Crippen LogP contribution in [0.1, 0.15) is 0 Å². The molecule has 0 saturated carbocycles. The predicted molar refractivity (Wildman–Crippen MR) is 69.6 cm³/mol. The third-order valence-corrected chi connectivity index (χ3v) is 2.47. The molecule has 0 radical (unpaired) electrons. The van der Waals surface area contributed by atoms with Crippen molar-refractivity contribution in [3.05, 3.63) is 54.6 Å². The summed E-state index contributed by atoms with van der Waals surface area (Å²) in [4.78, 5) is 0. The highest BCUT2D eigenvalue weighted by molar-refractivity contribution is 9.10. The van der Waals surface area contributed by atoms with Gasteiger partial charge >= 0.3 is 0 Å². The van der Waals surface area contributed by atoms with Gasteiger partial charge in [0.1, 0.15) is 0 Å². The first-order valence-electron chi connectivity index (χ1n) is 4.82. The fourth-order valence-electron chi connectivity index (χ4n) is 1.20. The van der Waals surface area contributed by atoms with E-state index in [0.29, 0.717) is 0 Å². The van der Waals surface area contributed by atoms with Gasteiger partial charge in [-0.1, -0.05) is 18.2 Å². The van der Waals surface area contributed by atoms with Crippen LogP contribution < -0.4 is 4.34 Å². The zero-order valence-electron chi connectivity index (χ0n) is 8.47. The highest BCUT2D eigenvalue weighted by atomic mass is 79.9. The molecule has 0 heterocycles. The molecule has 2 rings (SSSR count). The molecule has 16 heavy (non-hydrogen) atoms. The lowest BCUT2D eigenvalue weighted by Gasteiger charge is -1.97. The molecule has 0 aliphatic rings. The maximum Gasteiger partial charge on any atom is 0.0858 e. The summed E-state index contributed by atoms with van der Waals surface area (Å²) in [5, 5.41) is 8.26. The van der Waals surface area contributed by atoms with E-state index < -0.39 is 0 Å². The Balaban J connectivity index is 2.12. The van der Waals surface area contributed by atoms with E-state index in [0.717, 1.165) is 17.1 Å². The van der Waals surface area contributed by atoms with Gasteiger partial charge in [-0.2, -0.15) is 10.2 Å². The van der Waals surface area contributed by atoms with Crippen LogP contribution in [0.4, 0.5) is 17.1 Å². The fraction of sp³-hybridized carbons (Fsp3) is 0. The van der Waals surface area contributed by atoms with E-state index in [9.17, 15) is 0 Å². The first-order valence-corrected chi connectivity index (χ1v) is 5.61. The molecule has 0 saturated heterocycles. The highest BCUT2D eigenvalue weighted by Crippen LogP contribution is 2.20. The molecule has 0 bridgehead atoms. The van der Waals surface area contributed by atoms with E-state index in [1.54, 1.807) is 0 Å². The number of hydrogen-bond donors (Lipinski definition) is 1. The Morgan fingerprint density at radius 1 is 0.750 bits per heavy atom. The minimum Gasteiger partial charge on any atom is -0.322 e. The van der Waals surface area contributed by atoms with Crippen molar-refractivity contribution in [1.82, 2.24) is 0 Å². The van der Waals surface area contributed by atoms with Crippen molar-refractivity contribution in [2.45, 2.75) is 0 Å². The van der Waals surface area contributed by atoms with Crippen molar-refractivity contribution in [2.24, 2.45) is 10.2 Å². The molecule has 0 amide bonds. The van der Waals surface area contributed by atoms with Crippen LogP contribution in [0.5, 0.6) is 0 Å². The number of hydrogen-bond acceptors (Lipinski definition) is 3. The minimum absolute atomic E-state index is 0.829. The second-order valence-electron chi connectivity index (χ2n) is 3.18. The van der Waals surface area contributed by atoms with Gasteiger partial charge in [-0.05, 0) is 36.4 Å². The second kappa shape index (κ2) is 5.42. The molecule has 0 unspecified atom stereocenters. The summed E-state index contributed by atoms with van der Waals surface area (Å²) < 4.78 is 2.87. The Bertz CT molecular complexity index is 465. The molecule has 2 aromatic carbocycles. The van der Waals surface area contributed by atoms with Crippen LogP contribution in [0.15, 0.2) is 64.8 Å². The summed E-state index contributed by atoms with van der Waals surface area (Å²) in [5.41, 5.74) is 2.67. The van der Waals surface area contributed by atoms with E-state index in [1.165, 1.54) is 0 Å². The molecule has 3 nitrogen and oxygen atoms in total. The van der Waals surface area contributed by atoms with Gasteiger partial charge in [-0.25, -0.2) is 0 Å². The topological polar surface area (TPSA) is 36.8 Å². The Morgan fingerprint density at radius 2 is 1.31 bits per heavy atom. The summed E-state index contributed by atoms with van der Waals surface area (Å²) >= 11 is 3.15. The molecule has 0 spiro atoms. The van der Waals surface area contributed by atoms with Gasteiger partial charge in [0.2, 0.25) is 0 Å². The van der Waals surface area contributed by atoms with E-state index in [2.05, 4.69) is 30.7 Å². The van der Waals surface area contributed by atoms with Crippen LogP contribution in [0.2, 0.25) is 0 Å². The molecule has 4 heteroatoms. The van der Waals surface area contributed by atoms with Crippen molar-refractivity contribution in [3.63, 3.8) is 0 Å². The molecule has 0 aromatic heterocycles. The zero-order chi connectivity index (χ0) is 11.2. The zero-order valence-corrected chi connectivity index (χ0v) is 10.1.